The van der Waals surface area contributed by atoms with Crippen LogP contribution in [0.1, 0.15) is 26.3 Å². The minimum Gasteiger partial charge on any atom is -0.414 e. The van der Waals surface area contributed by atoms with Crippen LogP contribution < -0.4 is 9.66 Å². The molecule has 0 amide bonds. The lowest BCUT2D eigenvalue weighted by Gasteiger charge is -2.19. The molecular weight excluding hydrogens is 346 g/mol. The Labute approximate surface area is 144 Å². The second kappa shape index (κ2) is 5.75. The van der Waals surface area contributed by atoms with Crippen molar-refractivity contribution in [3.63, 3.8) is 0 Å². The highest BCUT2D eigenvalue weighted by molar-refractivity contribution is 7.92. The minimum atomic E-state index is -3.69. The molecule has 0 bridgehead atoms. The summed E-state index contributed by atoms with van der Waals surface area (Å²) in [5.74, 6) is 0. The normalized spacial score (nSPS) is 12.5. The van der Waals surface area contributed by atoms with Crippen molar-refractivity contribution in [2.75, 3.05) is 4.72 Å². The van der Waals surface area contributed by atoms with Crippen molar-refractivity contribution in [1.82, 2.24) is 0 Å². The summed E-state index contributed by atoms with van der Waals surface area (Å²) in [5, 5.41) is 0. The summed E-state index contributed by atoms with van der Waals surface area (Å²) in [6.45, 7) is 6.21. The van der Waals surface area contributed by atoms with Gasteiger partial charge >= 0.3 is 4.94 Å². The second-order valence-corrected chi connectivity index (χ2v) is 9.16. The molecule has 0 atom stereocenters. The SMILES string of the molecule is CC(C)(C)c1ccc(S(=O)(=O)Nc2ccc3oc(=O)sc3c2)cc1. The van der Waals surface area contributed by atoms with Crippen LogP contribution in [0.4, 0.5) is 5.69 Å². The van der Waals surface area contributed by atoms with E-state index in [-0.39, 0.29) is 10.3 Å². The Balaban J connectivity index is 1.90. The first kappa shape index (κ1) is 16.7. The van der Waals surface area contributed by atoms with Gasteiger partial charge in [0.25, 0.3) is 10.0 Å². The lowest BCUT2D eigenvalue weighted by Crippen LogP contribution is -2.14. The van der Waals surface area contributed by atoms with E-state index in [1.165, 1.54) is 0 Å². The van der Waals surface area contributed by atoms with Gasteiger partial charge in [-0.1, -0.05) is 44.2 Å². The molecule has 2 aromatic carbocycles. The Bertz CT molecular complexity index is 1040. The standard InChI is InChI=1S/C17H17NO4S2/c1-17(2,3)11-4-7-13(8-5-11)24(20,21)18-12-6-9-14-15(10-12)23-16(19)22-14/h4-10,18H,1-3H3. The van der Waals surface area contributed by atoms with Gasteiger partial charge in [-0.3, -0.25) is 4.72 Å². The number of sulfonamides is 1. The molecule has 0 aliphatic rings. The molecule has 0 saturated heterocycles. The fourth-order valence-electron chi connectivity index (χ4n) is 2.28. The summed E-state index contributed by atoms with van der Waals surface area (Å²) in [7, 11) is -3.69. The number of benzene rings is 2. The third kappa shape index (κ3) is 3.37. The highest BCUT2D eigenvalue weighted by Gasteiger charge is 2.18. The molecule has 0 spiro atoms. The fourth-order valence-corrected chi connectivity index (χ4v) is 4.04. The van der Waals surface area contributed by atoms with E-state index < -0.39 is 15.0 Å². The van der Waals surface area contributed by atoms with Crippen LogP contribution in [-0.4, -0.2) is 8.42 Å². The molecule has 126 valence electrons. The highest BCUT2D eigenvalue weighted by Crippen LogP contribution is 2.26. The summed E-state index contributed by atoms with van der Waals surface area (Å²) in [4.78, 5) is 11.0. The van der Waals surface area contributed by atoms with Crippen LogP contribution in [0, 0.1) is 0 Å². The topological polar surface area (TPSA) is 76.4 Å². The highest BCUT2D eigenvalue weighted by atomic mass is 32.2. The minimum absolute atomic E-state index is 0.0422. The van der Waals surface area contributed by atoms with E-state index in [1.807, 2.05) is 12.1 Å². The van der Waals surface area contributed by atoms with Gasteiger partial charge < -0.3 is 4.42 Å². The van der Waals surface area contributed by atoms with E-state index in [4.69, 9.17) is 4.42 Å². The molecular formula is C17H17NO4S2. The third-order valence-electron chi connectivity index (χ3n) is 3.61. The van der Waals surface area contributed by atoms with Crippen molar-refractivity contribution < 1.29 is 12.8 Å². The van der Waals surface area contributed by atoms with E-state index in [0.717, 1.165) is 16.9 Å². The lowest BCUT2D eigenvalue weighted by atomic mass is 9.87. The zero-order chi connectivity index (χ0) is 17.5. The third-order valence-corrected chi connectivity index (χ3v) is 5.80. The summed E-state index contributed by atoms with van der Waals surface area (Å²) >= 11 is 0.936. The van der Waals surface area contributed by atoms with Crippen LogP contribution in [0.2, 0.25) is 0 Å². The molecule has 0 fully saturated rings. The Morgan fingerprint density at radius 2 is 1.71 bits per heavy atom. The molecule has 1 N–H and O–H groups in total. The molecule has 1 heterocycles. The number of hydrogen-bond donors (Lipinski definition) is 1. The van der Waals surface area contributed by atoms with Crippen molar-refractivity contribution in [2.24, 2.45) is 0 Å². The summed E-state index contributed by atoms with van der Waals surface area (Å²) in [6.07, 6.45) is 0. The zero-order valence-corrected chi connectivity index (χ0v) is 15.1. The van der Waals surface area contributed by atoms with Gasteiger partial charge in [-0.15, -0.1) is 0 Å². The molecule has 24 heavy (non-hydrogen) atoms. The number of nitrogens with one attached hydrogen (secondary N) is 1. The van der Waals surface area contributed by atoms with E-state index in [2.05, 4.69) is 25.5 Å². The van der Waals surface area contributed by atoms with Crippen LogP contribution in [0.5, 0.6) is 0 Å². The Hall–Kier alpha value is -2.12. The van der Waals surface area contributed by atoms with Gasteiger partial charge in [0, 0.05) is 0 Å². The summed E-state index contributed by atoms with van der Waals surface area (Å²) in [6, 6.07) is 11.6. The molecule has 5 nitrogen and oxygen atoms in total. The Morgan fingerprint density at radius 1 is 1.04 bits per heavy atom. The van der Waals surface area contributed by atoms with Crippen LogP contribution >= 0.6 is 11.3 Å². The molecule has 0 saturated carbocycles. The molecule has 0 aliphatic heterocycles. The molecule has 0 radical (unpaired) electrons. The first-order valence-electron chi connectivity index (χ1n) is 7.32. The van der Waals surface area contributed by atoms with Crippen molar-refractivity contribution >= 4 is 37.3 Å². The molecule has 3 aromatic rings. The van der Waals surface area contributed by atoms with Crippen molar-refractivity contribution in [2.45, 2.75) is 31.1 Å². The first-order chi connectivity index (χ1) is 11.1. The van der Waals surface area contributed by atoms with Gasteiger partial charge in [-0.2, -0.15) is 0 Å². The molecule has 3 rings (SSSR count). The van der Waals surface area contributed by atoms with Gasteiger partial charge in [-0.05, 0) is 41.3 Å². The first-order valence-corrected chi connectivity index (χ1v) is 9.62. The van der Waals surface area contributed by atoms with Crippen LogP contribution in [0.15, 0.2) is 56.6 Å². The van der Waals surface area contributed by atoms with Gasteiger partial charge in [0.15, 0.2) is 0 Å². The van der Waals surface area contributed by atoms with Crippen molar-refractivity contribution in [3.8, 4) is 0 Å². The van der Waals surface area contributed by atoms with Gasteiger partial charge in [0.1, 0.15) is 5.58 Å². The van der Waals surface area contributed by atoms with E-state index >= 15 is 0 Å². The average Bonchev–Trinajstić information content (AvgIpc) is 2.85. The summed E-state index contributed by atoms with van der Waals surface area (Å²) in [5.41, 5.74) is 1.85. The maximum Gasteiger partial charge on any atom is 0.396 e. The maximum absolute atomic E-state index is 12.5. The maximum atomic E-state index is 12.5. The number of anilines is 1. The van der Waals surface area contributed by atoms with Gasteiger partial charge in [0.2, 0.25) is 0 Å². The fraction of sp³-hybridized carbons (Fsp3) is 0.235. The van der Waals surface area contributed by atoms with E-state index in [1.54, 1.807) is 30.3 Å². The average molecular weight is 363 g/mol. The quantitative estimate of drug-likeness (QED) is 0.764. The molecule has 1 aromatic heterocycles. The molecule has 0 unspecified atom stereocenters. The summed E-state index contributed by atoms with van der Waals surface area (Å²) < 4.78 is 33.1. The van der Waals surface area contributed by atoms with E-state index in [9.17, 15) is 13.2 Å². The van der Waals surface area contributed by atoms with Crippen LogP contribution in [0.25, 0.3) is 10.3 Å². The predicted octanol–water partition coefficient (Wildman–Crippen LogP) is 3.95. The van der Waals surface area contributed by atoms with Crippen LogP contribution in [0.3, 0.4) is 0 Å². The Morgan fingerprint density at radius 3 is 2.33 bits per heavy atom. The molecule has 7 heteroatoms. The monoisotopic (exact) mass is 363 g/mol. The number of rotatable bonds is 3. The van der Waals surface area contributed by atoms with Crippen LogP contribution in [-0.2, 0) is 15.4 Å². The second-order valence-electron chi connectivity index (χ2n) is 6.50. The van der Waals surface area contributed by atoms with Crippen molar-refractivity contribution in [3.05, 3.63) is 57.8 Å². The van der Waals surface area contributed by atoms with Crippen molar-refractivity contribution in [1.29, 1.82) is 0 Å². The lowest BCUT2D eigenvalue weighted by molar-refractivity contribution is 0.585. The van der Waals surface area contributed by atoms with Gasteiger partial charge in [0.05, 0.1) is 15.3 Å². The number of hydrogen-bond acceptors (Lipinski definition) is 5. The zero-order valence-electron chi connectivity index (χ0n) is 13.5. The molecule has 0 aliphatic carbocycles. The largest absolute Gasteiger partial charge is 0.414 e. The predicted molar refractivity (Wildman–Crippen MR) is 96.3 cm³/mol. The van der Waals surface area contributed by atoms with E-state index in [0.29, 0.717) is 16.0 Å². The smallest absolute Gasteiger partial charge is 0.396 e. The number of fused-ring (bicyclic) bond motifs is 1. The Kier molecular flexibility index (Phi) is 4.01. The van der Waals surface area contributed by atoms with Gasteiger partial charge in [-0.25, -0.2) is 13.2 Å².